The number of hydrogen-bond acceptors (Lipinski definition) is 3. The number of unbranched alkanes of at least 4 members (excludes halogenated alkanes) is 1. The molecule has 0 saturated carbocycles. The van der Waals surface area contributed by atoms with Crippen LogP contribution in [0.1, 0.15) is 44.8 Å². The lowest BCUT2D eigenvalue weighted by atomic mass is 10.0. The Hall–Kier alpha value is -0.420. The van der Waals surface area contributed by atoms with Gasteiger partial charge in [0.2, 0.25) is 0 Å². The molecule has 0 aliphatic carbocycles. The second-order valence-electron chi connectivity index (χ2n) is 4.88. The van der Waals surface area contributed by atoms with Crippen molar-refractivity contribution in [3.63, 3.8) is 0 Å². The molecule has 0 amide bonds. The topological polar surface area (TPSA) is 44.5 Å². The van der Waals surface area contributed by atoms with Crippen molar-refractivity contribution in [1.29, 1.82) is 0 Å². The number of rotatable bonds is 10. The molecule has 2 unspecified atom stereocenters. The van der Waals surface area contributed by atoms with Crippen LogP contribution in [-0.4, -0.2) is 25.9 Å². The van der Waals surface area contributed by atoms with Crippen molar-refractivity contribution >= 4 is 15.9 Å². The molecule has 20 heavy (non-hydrogen) atoms. The molecular weight excluding hydrogens is 318 g/mol. The molecule has 0 aliphatic rings. The van der Waals surface area contributed by atoms with E-state index in [1.165, 1.54) is 0 Å². The van der Waals surface area contributed by atoms with Crippen LogP contribution in [0.3, 0.4) is 0 Å². The standard InChI is InChI=1S/C16H26BrNO2/c1-3-5-10-19-11-12-20-16(15(18)4-2)13-6-8-14(17)9-7-13/h6-9,15-16H,3-5,10-12,18H2,1-2H3. The van der Waals surface area contributed by atoms with Gasteiger partial charge in [-0.15, -0.1) is 0 Å². The van der Waals surface area contributed by atoms with Crippen molar-refractivity contribution in [2.45, 2.75) is 45.3 Å². The highest BCUT2D eigenvalue weighted by molar-refractivity contribution is 9.10. The maximum absolute atomic E-state index is 6.17. The van der Waals surface area contributed by atoms with Gasteiger partial charge in [0.15, 0.2) is 0 Å². The van der Waals surface area contributed by atoms with Crippen LogP contribution in [0.5, 0.6) is 0 Å². The highest BCUT2D eigenvalue weighted by Gasteiger charge is 2.19. The molecule has 4 heteroatoms. The van der Waals surface area contributed by atoms with Gasteiger partial charge >= 0.3 is 0 Å². The first-order valence-electron chi connectivity index (χ1n) is 7.39. The smallest absolute Gasteiger partial charge is 0.0976 e. The minimum atomic E-state index is -0.0668. The van der Waals surface area contributed by atoms with E-state index in [4.69, 9.17) is 15.2 Å². The van der Waals surface area contributed by atoms with E-state index in [0.717, 1.165) is 35.9 Å². The fourth-order valence-electron chi connectivity index (χ4n) is 1.92. The zero-order chi connectivity index (χ0) is 14.8. The SMILES string of the molecule is CCCCOCCOC(c1ccc(Br)cc1)C(N)CC. The van der Waals surface area contributed by atoms with Crippen LogP contribution in [0.25, 0.3) is 0 Å². The molecule has 0 saturated heterocycles. The lowest BCUT2D eigenvalue weighted by Crippen LogP contribution is -2.30. The minimum absolute atomic E-state index is 0.00631. The van der Waals surface area contributed by atoms with E-state index < -0.39 is 0 Å². The van der Waals surface area contributed by atoms with Crippen LogP contribution in [-0.2, 0) is 9.47 Å². The van der Waals surface area contributed by atoms with Gasteiger partial charge in [-0.05, 0) is 30.5 Å². The van der Waals surface area contributed by atoms with Gasteiger partial charge in [0, 0.05) is 17.1 Å². The van der Waals surface area contributed by atoms with Crippen molar-refractivity contribution < 1.29 is 9.47 Å². The Balaban J connectivity index is 2.46. The third-order valence-corrected chi connectivity index (χ3v) is 3.75. The van der Waals surface area contributed by atoms with Gasteiger partial charge in [-0.25, -0.2) is 0 Å². The number of nitrogens with two attached hydrogens (primary N) is 1. The molecule has 114 valence electrons. The summed E-state index contributed by atoms with van der Waals surface area (Å²) < 4.78 is 12.5. The van der Waals surface area contributed by atoms with Gasteiger partial charge in [0.05, 0.1) is 19.3 Å². The van der Waals surface area contributed by atoms with Gasteiger partial charge in [-0.1, -0.05) is 48.3 Å². The second-order valence-corrected chi connectivity index (χ2v) is 5.80. The Kier molecular flexibility index (Phi) is 9.10. The predicted molar refractivity (Wildman–Crippen MR) is 86.8 cm³/mol. The molecule has 3 nitrogen and oxygen atoms in total. The van der Waals surface area contributed by atoms with Gasteiger partial charge in [-0.3, -0.25) is 0 Å². The lowest BCUT2D eigenvalue weighted by Gasteiger charge is -2.24. The first-order valence-corrected chi connectivity index (χ1v) is 8.18. The summed E-state index contributed by atoms with van der Waals surface area (Å²) in [4.78, 5) is 0. The highest BCUT2D eigenvalue weighted by Crippen LogP contribution is 2.23. The van der Waals surface area contributed by atoms with Gasteiger partial charge in [0.25, 0.3) is 0 Å². The third-order valence-electron chi connectivity index (χ3n) is 3.23. The summed E-state index contributed by atoms with van der Waals surface area (Å²) in [7, 11) is 0. The monoisotopic (exact) mass is 343 g/mol. The molecule has 2 atom stereocenters. The van der Waals surface area contributed by atoms with E-state index in [1.807, 2.05) is 12.1 Å². The average Bonchev–Trinajstić information content (AvgIpc) is 2.47. The lowest BCUT2D eigenvalue weighted by molar-refractivity contribution is -0.00821. The first-order chi connectivity index (χ1) is 9.69. The Morgan fingerprint density at radius 1 is 1.10 bits per heavy atom. The van der Waals surface area contributed by atoms with Crippen molar-refractivity contribution in [2.75, 3.05) is 19.8 Å². The summed E-state index contributed by atoms with van der Waals surface area (Å²) >= 11 is 3.44. The highest BCUT2D eigenvalue weighted by atomic mass is 79.9. The van der Waals surface area contributed by atoms with Crippen LogP contribution in [0.15, 0.2) is 28.7 Å². The Labute approximate surface area is 131 Å². The van der Waals surface area contributed by atoms with E-state index in [-0.39, 0.29) is 12.1 Å². The Morgan fingerprint density at radius 2 is 1.80 bits per heavy atom. The van der Waals surface area contributed by atoms with Crippen LogP contribution >= 0.6 is 15.9 Å². The summed E-state index contributed by atoms with van der Waals surface area (Å²) in [6.45, 7) is 6.26. The molecule has 0 spiro atoms. The summed E-state index contributed by atoms with van der Waals surface area (Å²) in [5.74, 6) is 0. The van der Waals surface area contributed by atoms with E-state index >= 15 is 0 Å². The van der Waals surface area contributed by atoms with E-state index in [1.54, 1.807) is 0 Å². The number of ether oxygens (including phenoxy) is 2. The van der Waals surface area contributed by atoms with Crippen molar-refractivity contribution in [3.8, 4) is 0 Å². The Morgan fingerprint density at radius 3 is 2.40 bits per heavy atom. The number of hydrogen-bond donors (Lipinski definition) is 1. The average molecular weight is 344 g/mol. The summed E-state index contributed by atoms with van der Waals surface area (Å²) in [5.41, 5.74) is 7.29. The van der Waals surface area contributed by atoms with Crippen molar-refractivity contribution in [1.82, 2.24) is 0 Å². The zero-order valence-electron chi connectivity index (χ0n) is 12.5. The summed E-state index contributed by atoms with van der Waals surface area (Å²) in [6.07, 6.45) is 3.08. The van der Waals surface area contributed by atoms with Gasteiger partial charge < -0.3 is 15.2 Å². The first kappa shape index (κ1) is 17.6. The van der Waals surface area contributed by atoms with E-state index in [2.05, 4.69) is 41.9 Å². The van der Waals surface area contributed by atoms with Crippen LogP contribution in [0.2, 0.25) is 0 Å². The number of halogens is 1. The quantitative estimate of drug-likeness (QED) is 0.651. The third kappa shape index (κ3) is 6.35. The maximum atomic E-state index is 6.17. The molecule has 0 heterocycles. The predicted octanol–water partition coefficient (Wildman–Crippen LogP) is 4.06. The van der Waals surface area contributed by atoms with E-state index in [0.29, 0.717) is 13.2 Å². The van der Waals surface area contributed by atoms with E-state index in [9.17, 15) is 0 Å². The maximum Gasteiger partial charge on any atom is 0.0976 e. The fourth-order valence-corrected chi connectivity index (χ4v) is 2.18. The number of benzene rings is 1. The fraction of sp³-hybridized carbons (Fsp3) is 0.625. The minimum Gasteiger partial charge on any atom is -0.379 e. The second kappa shape index (κ2) is 10.3. The molecule has 1 aromatic rings. The molecule has 1 rings (SSSR count). The largest absolute Gasteiger partial charge is 0.379 e. The van der Waals surface area contributed by atoms with Crippen molar-refractivity contribution in [2.24, 2.45) is 5.73 Å². The van der Waals surface area contributed by atoms with Crippen LogP contribution < -0.4 is 5.73 Å². The molecular formula is C16H26BrNO2. The molecule has 0 aromatic heterocycles. The molecule has 0 fully saturated rings. The van der Waals surface area contributed by atoms with Gasteiger partial charge in [-0.2, -0.15) is 0 Å². The molecule has 0 aliphatic heterocycles. The zero-order valence-corrected chi connectivity index (χ0v) is 14.1. The van der Waals surface area contributed by atoms with Crippen molar-refractivity contribution in [3.05, 3.63) is 34.3 Å². The van der Waals surface area contributed by atoms with Crippen LogP contribution in [0, 0.1) is 0 Å². The summed E-state index contributed by atoms with van der Waals surface area (Å²) in [6, 6.07) is 8.16. The normalized spacial score (nSPS) is 14.2. The van der Waals surface area contributed by atoms with Crippen LogP contribution in [0.4, 0.5) is 0 Å². The Bertz CT molecular complexity index is 356. The summed E-state index contributed by atoms with van der Waals surface area (Å²) in [5, 5.41) is 0. The van der Waals surface area contributed by atoms with Gasteiger partial charge in [0.1, 0.15) is 0 Å². The molecule has 1 aromatic carbocycles. The molecule has 2 N–H and O–H groups in total. The molecule has 0 radical (unpaired) electrons. The molecule has 0 bridgehead atoms.